The molecule has 0 radical (unpaired) electrons. The molecule has 2 aromatic carbocycles. The minimum absolute atomic E-state index is 0.270. The number of nitrogens with zero attached hydrogens (tertiary/aromatic N) is 2. The molecule has 4 aromatic rings. The van der Waals surface area contributed by atoms with Gasteiger partial charge in [0, 0.05) is 34.6 Å². The standard InChI is InChI=1S/C29H27N3O3/c33-32-27-8-4-21-17-22(3-7-25(21)27)26-18-28(35-29(26)20-9-13-30-14-10-20)19-1-5-23(6-2-19)34-24-11-15-31-16-12-24/h1-3,5-7,9-10,13-14,17-18,24,31,33H,4,8,11-12,15-16H2. The molecule has 1 aliphatic carbocycles. The molecule has 6 rings (SSSR count). The van der Waals surface area contributed by atoms with Crippen molar-refractivity contribution in [3.05, 3.63) is 84.2 Å². The third-order valence-corrected chi connectivity index (χ3v) is 6.88. The van der Waals surface area contributed by atoms with Gasteiger partial charge in [-0.2, -0.15) is 0 Å². The fourth-order valence-electron chi connectivity index (χ4n) is 5.01. The lowest BCUT2D eigenvalue weighted by Crippen LogP contribution is -2.34. The lowest BCUT2D eigenvalue weighted by Gasteiger charge is -2.23. The van der Waals surface area contributed by atoms with Crippen LogP contribution in [0, 0.1) is 0 Å². The van der Waals surface area contributed by atoms with Crippen LogP contribution >= 0.6 is 0 Å². The van der Waals surface area contributed by atoms with Crippen molar-refractivity contribution >= 4 is 5.71 Å². The molecule has 0 unspecified atom stereocenters. The van der Waals surface area contributed by atoms with Crippen molar-refractivity contribution in [2.75, 3.05) is 13.1 Å². The van der Waals surface area contributed by atoms with Crippen LogP contribution in [0.2, 0.25) is 0 Å². The Kier molecular flexibility index (Phi) is 5.80. The number of hydrogen-bond donors (Lipinski definition) is 2. The molecule has 0 amide bonds. The van der Waals surface area contributed by atoms with Crippen LogP contribution in [0.15, 0.2) is 82.6 Å². The maximum absolute atomic E-state index is 9.29. The van der Waals surface area contributed by atoms with Gasteiger partial charge in [0.1, 0.15) is 23.4 Å². The summed E-state index contributed by atoms with van der Waals surface area (Å²) in [4.78, 5) is 4.16. The summed E-state index contributed by atoms with van der Waals surface area (Å²) in [6.07, 6.45) is 7.52. The van der Waals surface area contributed by atoms with Gasteiger partial charge in [0.25, 0.3) is 0 Å². The summed E-state index contributed by atoms with van der Waals surface area (Å²) in [5.74, 6) is 2.51. The third-order valence-electron chi connectivity index (χ3n) is 6.88. The molecule has 2 N–H and O–H groups in total. The molecule has 0 atom stereocenters. The number of ether oxygens (including phenoxy) is 1. The average molecular weight is 466 g/mol. The fraction of sp³-hybridized carbons (Fsp3) is 0.241. The highest BCUT2D eigenvalue weighted by Crippen LogP contribution is 2.40. The van der Waals surface area contributed by atoms with Gasteiger partial charge in [0.05, 0.1) is 5.71 Å². The molecule has 0 spiro atoms. The Bertz CT molecular complexity index is 1350. The number of oxime groups is 1. The second kappa shape index (κ2) is 9.39. The van der Waals surface area contributed by atoms with Gasteiger partial charge in [-0.15, -0.1) is 0 Å². The molecule has 3 heterocycles. The fourth-order valence-corrected chi connectivity index (χ4v) is 5.01. The van der Waals surface area contributed by atoms with Gasteiger partial charge in [-0.05, 0) is 92.4 Å². The Hall–Kier alpha value is -3.90. The SMILES string of the molecule is ON=C1CCc2cc(-c3cc(-c4ccc(OC5CCNCC5)cc4)oc3-c3ccncc3)ccc21. The normalized spacial score (nSPS) is 17.0. The van der Waals surface area contributed by atoms with Crippen molar-refractivity contribution in [3.63, 3.8) is 0 Å². The Morgan fingerprint density at radius 1 is 0.857 bits per heavy atom. The number of hydrogen-bond acceptors (Lipinski definition) is 6. The molecule has 0 saturated carbocycles. The summed E-state index contributed by atoms with van der Waals surface area (Å²) in [5.41, 5.74) is 7.05. The molecule has 35 heavy (non-hydrogen) atoms. The van der Waals surface area contributed by atoms with Crippen LogP contribution in [0.3, 0.4) is 0 Å². The van der Waals surface area contributed by atoms with Gasteiger partial charge in [-0.25, -0.2) is 0 Å². The number of aryl methyl sites for hydroxylation is 1. The van der Waals surface area contributed by atoms with Crippen LogP contribution < -0.4 is 10.1 Å². The number of pyridine rings is 1. The highest BCUT2D eigenvalue weighted by atomic mass is 16.5. The number of aromatic nitrogens is 1. The van der Waals surface area contributed by atoms with Gasteiger partial charge in [-0.1, -0.05) is 23.4 Å². The zero-order valence-corrected chi connectivity index (χ0v) is 19.4. The van der Waals surface area contributed by atoms with E-state index < -0.39 is 0 Å². The van der Waals surface area contributed by atoms with Crippen molar-refractivity contribution in [2.24, 2.45) is 5.16 Å². The van der Waals surface area contributed by atoms with E-state index in [0.717, 1.165) is 89.6 Å². The van der Waals surface area contributed by atoms with E-state index in [-0.39, 0.29) is 6.10 Å². The minimum atomic E-state index is 0.270. The summed E-state index contributed by atoms with van der Waals surface area (Å²) >= 11 is 0. The largest absolute Gasteiger partial charge is 0.490 e. The third kappa shape index (κ3) is 4.33. The molecular formula is C29H27N3O3. The van der Waals surface area contributed by atoms with Crippen LogP contribution in [-0.4, -0.2) is 35.1 Å². The first kappa shape index (κ1) is 21.6. The van der Waals surface area contributed by atoms with E-state index in [2.05, 4.69) is 45.8 Å². The van der Waals surface area contributed by atoms with E-state index in [1.54, 1.807) is 12.4 Å². The summed E-state index contributed by atoms with van der Waals surface area (Å²) < 4.78 is 12.6. The van der Waals surface area contributed by atoms with Crippen molar-refractivity contribution in [1.82, 2.24) is 10.3 Å². The molecule has 2 aliphatic rings. The Morgan fingerprint density at radius 3 is 2.40 bits per heavy atom. The summed E-state index contributed by atoms with van der Waals surface area (Å²) in [6.45, 7) is 2.01. The van der Waals surface area contributed by atoms with E-state index in [0.29, 0.717) is 0 Å². The van der Waals surface area contributed by atoms with E-state index in [1.807, 2.05) is 30.3 Å². The molecule has 1 saturated heterocycles. The average Bonchev–Trinajstić information content (AvgIpc) is 3.54. The lowest BCUT2D eigenvalue weighted by molar-refractivity contribution is 0.162. The van der Waals surface area contributed by atoms with Crippen LogP contribution in [0.1, 0.15) is 30.4 Å². The zero-order valence-electron chi connectivity index (χ0n) is 19.4. The number of nitrogens with one attached hydrogen (secondary N) is 1. The lowest BCUT2D eigenvalue weighted by atomic mass is 9.98. The van der Waals surface area contributed by atoms with Crippen molar-refractivity contribution in [2.45, 2.75) is 31.8 Å². The van der Waals surface area contributed by atoms with E-state index in [9.17, 15) is 5.21 Å². The van der Waals surface area contributed by atoms with Crippen LogP contribution in [0.5, 0.6) is 5.75 Å². The van der Waals surface area contributed by atoms with E-state index >= 15 is 0 Å². The zero-order chi connectivity index (χ0) is 23.6. The molecule has 2 aromatic heterocycles. The first-order chi connectivity index (χ1) is 17.3. The highest BCUT2D eigenvalue weighted by molar-refractivity contribution is 6.04. The molecular weight excluding hydrogens is 438 g/mol. The number of benzene rings is 2. The summed E-state index contributed by atoms with van der Waals surface area (Å²) in [6, 6.07) is 20.5. The maximum Gasteiger partial charge on any atom is 0.142 e. The van der Waals surface area contributed by atoms with Crippen molar-refractivity contribution in [1.29, 1.82) is 0 Å². The Morgan fingerprint density at radius 2 is 1.63 bits per heavy atom. The number of rotatable bonds is 5. The molecule has 0 bridgehead atoms. The number of piperidine rings is 1. The predicted octanol–water partition coefficient (Wildman–Crippen LogP) is 5.93. The van der Waals surface area contributed by atoms with Gasteiger partial charge >= 0.3 is 0 Å². The molecule has 6 nitrogen and oxygen atoms in total. The first-order valence-electron chi connectivity index (χ1n) is 12.1. The Balaban J connectivity index is 1.35. The van der Waals surface area contributed by atoms with Gasteiger partial charge in [0.15, 0.2) is 0 Å². The van der Waals surface area contributed by atoms with Crippen LogP contribution in [0.4, 0.5) is 0 Å². The number of fused-ring (bicyclic) bond motifs is 1. The number of furan rings is 1. The quantitative estimate of drug-likeness (QED) is 0.282. The van der Waals surface area contributed by atoms with E-state index in [1.165, 1.54) is 5.56 Å². The van der Waals surface area contributed by atoms with Gasteiger partial charge < -0.3 is 19.7 Å². The molecule has 1 aliphatic heterocycles. The van der Waals surface area contributed by atoms with Gasteiger partial charge in [0.2, 0.25) is 0 Å². The summed E-state index contributed by atoms with van der Waals surface area (Å²) in [5, 5.41) is 16.1. The van der Waals surface area contributed by atoms with Crippen LogP contribution in [-0.2, 0) is 6.42 Å². The maximum atomic E-state index is 9.29. The predicted molar refractivity (Wildman–Crippen MR) is 136 cm³/mol. The Labute approximate surface area is 204 Å². The molecule has 176 valence electrons. The first-order valence-corrected chi connectivity index (χ1v) is 12.1. The van der Waals surface area contributed by atoms with Gasteiger partial charge in [-0.3, -0.25) is 4.98 Å². The summed E-state index contributed by atoms with van der Waals surface area (Å²) in [7, 11) is 0. The molecule has 6 heteroatoms. The second-order valence-electron chi connectivity index (χ2n) is 9.10. The monoisotopic (exact) mass is 465 g/mol. The minimum Gasteiger partial charge on any atom is -0.490 e. The topological polar surface area (TPSA) is 79.9 Å². The second-order valence-corrected chi connectivity index (χ2v) is 9.10. The van der Waals surface area contributed by atoms with Crippen molar-refractivity contribution in [3.8, 4) is 39.5 Å². The molecule has 1 fully saturated rings. The van der Waals surface area contributed by atoms with Crippen LogP contribution in [0.25, 0.3) is 33.8 Å². The highest BCUT2D eigenvalue weighted by Gasteiger charge is 2.22. The van der Waals surface area contributed by atoms with E-state index in [4.69, 9.17) is 9.15 Å². The smallest absolute Gasteiger partial charge is 0.142 e. The van der Waals surface area contributed by atoms with Crippen molar-refractivity contribution < 1.29 is 14.4 Å².